The first-order valence-electron chi connectivity index (χ1n) is 7.81. The van der Waals surface area contributed by atoms with Gasteiger partial charge in [-0.1, -0.05) is 18.2 Å². The van der Waals surface area contributed by atoms with E-state index in [0.29, 0.717) is 0 Å². The number of aromatic nitrogens is 1. The van der Waals surface area contributed by atoms with Crippen LogP contribution in [-0.4, -0.2) is 4.98 Å². The average molecular weight is 380 g/mol. The Morgan fingerprint density at radius 3 is 2.22 bits per heavy atom. The normalized spacial score (nSPS) is 11.3. The molecule has 0 spiro atoms. The lowest BCUT2D eigenvalue weighted by molar-refractivity contribution is -0.138. The fraction of sp³-hybridized carbons (Fsp3) is 0.105. The standard InChI is InChI=1S/C19H13F5N2O/c20-15-5-3-6-16(21)13(15)11-26-18-9-8-12(10-25-18)27-17-7-2-1-4-14(17)19(22,23)24/h1-10H,11H2,(H,25,26). The highest BCUT2D eigenvalue weighted by Gasteiger charge is 2.34. The van der Waals surface area contributed by atoms with E-state index >= 15 is 0 Å². The van der Waals surface area contributed by atoms with Gasteiger partial charge in [-0.3, -0.25) is 0 Å². The zero-order valence-corrected chi connectivity index (χ0v) is 13.7. The van der Waals surface area contributed by atoms with E-state index in [4.69, 9.17) is 4.74 Å². The van der Waals surface area contributed by atoms with Gasteiger partial charge in [-0.2, -0.15) is 13.2 Å². The molecule has 3 rings (SSSR count). The number of rotatable bonds is 5. The van der Waals surface area contributed by atoms with Crippen LogP contribution in [0, 0.1) is 11.6 Å². The molecule has 1 heterocycles. The van der Waals surface area contributed by atoms with E-state index < -0.39 is 23.4 Å². The summed E-state index contributed by atoms with van der Waals surface area (Å²) in [4.78, 5) is 3.98. The molecule has 3 nitrogen and oxygen atoms in total. The van der Waals surface area contributed by atoms with Crippen molar-refractivity contribution in [3.8, 4) is 11.5 Å². The van der Waals surface area contributed by atoms with Crippen molar-refractivity contribution in [1.29, 1.82) is 0 Å². The van der Waals surface area contributed by atoms with E-state index in [0.717, 1.165) is 18.2 Å². The summed E-state index contributed by atoms with van der Waals surface area (Å²) in [6.07, 6.45) is -3.33. The zero-order valence-electron chi connectivity index (χ0n) is 13.7. The molecule has 2 aromatic carbocycles. The van der Waals surface area contributed by atoms with Gasteiger partial charge in [-0.25, -0.2) is 13.8 Å². The number of anilines is 1. The fourth-order valence-electron chi connectivity index (χ4n) is 2.34. The number of para-hydroxylation sites is 1. The summed E-state index contributed by atoms with van der Waals surface area (Å²) in [6, 6.07) is 11.2. The van der Waals surface area contributed by atoms with Crippen LogP contribution in [0.25, 0.3) is 0 Å². The van der Waals surface area contributed by atoms with Crippen LogP contribution in [0.4, 0.5) is 27.8 Å². The van der Waals surface area contributed by atoms with Crippen molar-refractivity contribution < 1.29 is 26.7 Å². The van der Waals surface area contributed by atoms with E-state index in [1.54, 1.807) is 0 Å². The topological polar surface area (TPSA) is 34.1 Å². The maximum atomic E-state index is 13.6. The predicted octanol–water partition coefficient (Wildman–Crippen LogP) is 5.78. The summed E-state index contributed by atoms with van der Waals surface area (Å²) in [5, 5.41) is 2.74. The van der Waals surface area contributed by atoms with Crippen molar-refractivity contribution in [3.63, 3.8) is 0 Å². The molecule has 0 saturated heterocycles. The Hall–Kier alpha value is -3.16. The average Bonchev–Trinajstić information content (AvgIpc) is 2.62. The molecule has 8 heteroatoms. The quantitative estimate of drug-likeness (QED) is 0.570. The van der Waals surface area contributed by atoms with Crippen LogP contribution in [0.2, 0.25) is 0 Å². The Kier molecular flexibility index (Phi) is 5.25. The summed E-state index contributed by atoms with van der Waals surface area (Å²) in [5.74, 6) is -1.35. The van der Waals surface area contributed by atoms with Crippen molar-refractivity contribution >= 4 is 5.82 Å². The molecule has 27 heavy (non-hydrogen) atoms. The van der Waals surface area contributed by atoms with Crippen molar-refractivity contribution in [2.24, 2.45) is 0 Å². The lowest BCUT2D eigenvalue weighted by Crippen LogP contribution is -2.07. The molecule has 0 aliphatic carbocycles. The van der Waals surface area contributed by atoms with Gasteiger partial charge in [0.2, 0.25) is 0 Å². The first-order valence-corrected chi connectivity index (χ1v) is 7.81. The molecule has 0 amide bonds. The van der Waals surface area contributed by atoms with Crippen LogP contribution >= 0.6 is 0 Å². The number of nitrogens with one attached hydrogen (secondary N) is 1. The summed E-state index contributed by atoms with van der Waals surface area (Å²) in [5.41, 5.74) is -1.04. The minimum atomic E-state index is -4.55. The molecule has 140 valence electrons. The second-order valence-electron chi connectivity index (χ2n) is 5.53. The molecule has 0 atom stereocenters. The molecule has 0 bridgehead atoms. The Bertz CT molecular complexity index is 906. The lowest BCUT2D eigenvalue weighted by Gasteiger charge is -2.13. The molecular formula is C19H13F5N2O. The van der Waals surface area contributed by atoms with Gasteiger partial charge in [-0.05, 0) is 36.4 Å². The second kappa shape index (κ2) is 7.61. The number of benzene rings is 2. The van der Waals surface area contributed by atoms with Crippen molar-refractivity contribution in [2.45, 2.75) is 12.7 Å². The number of hydrogen-bond donors (Lipinski definition) is 1. The van der Waals surface area contributed by atoms with Gasteiger partial charge in [0.25, 0.3) is 0 Å². The van der Waals surface area contributed by atoms with E-state index in [-0.39, 0.29) is 29.4 Å². The van der Waals surface area contributed by atoms with Crippen LogP contribution < -0.4 is 10.1 Å². The Morgan fingerprint density at radius 2 is 1.59 bits per heavy atom. The Balaban J connectivity index is 1.70. The highest BCUT2D eigenvalue weighted by atomic mass is 19.4. The number of halogens is 5. The van der Waals surface area contributed by atoms with Crippen LogP contribution in [0.3, 0.4) is 0 Å². The molecule has 0 fully saturated rings. The van der Waals surface area contributed by atoms with Crippen molar-refractivity contribution in [2.75, 3.05) is 5.32 Å². The van der Waals surface area contributed by atoms with Crippen LogP contribution in [-0.2, 0) is 12.7 Å². The molecular weight excluding hydrogens is 367 g/mol. The van der Waals surface area contributed by atoms with Gasteiger partial charge in [0.1, 0.15) is 29.0 Å². The zero-order chi connectivity index (χ0) is 19.4. The third kappa shape index (κ3) is 4.52. The first-order chi connectivity index (χ1) is 12.8. The minimum absolute atomic E-state index is 0.0920. The number of nitrogens with zero attached hydrogens (tertiary/aromatic N) is 1. The Labute approximate surface area is 151 Å². The molecule has 1 aromatic heterocycles. The summed E-state index contributed by atoms with van der Waals surface area (Å²) in [6.45, 7) is -0.136. The maximum absolute atomic E-state index is 13.6. The number of hydrogen-bond acceptors (Lipinski definition) is 3. The van der Waals surface area contributed by atoms with Gasteiger partial charge in [0.05, 0.1) is 11.8 Å². The van der Waals surface area contributed by atoms with E-state index in [2.05, 4.69) is 10.3 Å². The maximum Gasteiger partial charge on any atom is 0.419 e. The smallest absolute Gasteiger partial charge is 0.419 e. The number of alkyl halides is 3. The molecule has 0 radical (unpaired) electrons. The second-order valence-corrected chi connectivity index (χ2v) is 5.53. The van der Waals surface area contributed by atoms with Crippen LogP contribution in [0.5, 0.6) is 11.5 Å². The summed E-state index contributed by atoms with van der Waals surface area (Å²) in [7, 11) is 0. The van der Waals surface area contributed by atoms with Gasteiger partial charge < -0.3 is 10.1 Å². The fourth-order valence-corrected chi connectivity index (χ4v) is 2.34. The van der Waals surface area contributed by atoms with E-state index in [9.17, 15) is 22.0 Å². The van der Waals surface area contributed by atoms with Gasteiger partial charge in [-0.15, -0.1) is 0 Å². The lowest BCUT2D eigenvalue weighted by atomic mass is 10.2. The SMILES string of the molecule is Fc1cccc(F)c1CNc1ccc(Oc2ccccc2C(F)(F)F)cn1. The van der Waals surface area contributed by atoms with Gasteiger partial charge in [0, 0.05) is 12.1 Å². The highest BCUT2D eigenvalue weighted by Crippen LogP contribution is 2.37. The highest BCUT2D eigenvalue weighted by molar-refractivity contribution is 5.42. The predicted molar refractivity (Wildman–Crippen MR) is 89.4 cm³/mol. The minimum Gasteiger partial charge on any atom is -0.455 e. The van der Waals surface area contributed by atoms with E-state index in [1.165, 1.54) is 42.6 Å². The molecule has 0 unspecified atom stereocenters. The van der Waals surface area contributed by atoms with Crippen LogP contribution in [0.1, 0.15) is 11.1 Å². The number of pyridine rings is 1. The van der Waals surface area contributed by atoms with Crippen LogP contribution in [0.15, 0.2) is 60.8 Å². The summed E-state index contributed by atoms with van der Waals surface area (Å²) >= 11 is 0. The summed E-state index contributed by atoms with van der Waals surface area (Å²) < 4.78 is 71.4. The van der Waals surface area contributed by atoms with Gasteiger partial charge in [0.15, 0.2) is 0 Å². The largest absolute Gasteiger partial charge is 0.455 e. The third-order valence-corrected chi connectivity index (χ3v) is 3.66. The third-order valence-electron chi connectivity index (χ3n) is 3.66. The molecule has 1 N–H and O–H groups in total. The Morgan fingerprint density at radius 1 is 0.889 bits per heavy atom. The van der Waals surface area contributed by atoms with Crippen molar-refractivity contribution in [1.82, 2.24) is 4.98 Å². The first kappa shape index (κ1) is 18.6. The van der Waals surface area contributed by atoms with Crippen molar-refractivity contribution in [3.05, 3.63) is 83.6 Å². The molecule has 0 aliphatic heterocycles. The number of ether oxygens (including phenoxy) is 1. The molecule has 0 saturated carbocycles. The molecule has 3 aromatic rings. The van der Waals surface area contributed by atoms with Gasteiger partial charge >= 0.3 is 6.18 Å². The monoisotopic (exact) mass is 380 g/mol. The van der Waals surface area contributed by atoms with E-state index in [1.807, 2.05) is 0 Å². The molecule has 0 aliphatic rings.